The third-order valence-electron chi connectivity index (χ3n) is 4.94. The van der Waals surface area contributed by atoms with E-state index in [0.717, 1.165) is 30.2 Å². The molecule has 0 radical (unpaired) electrons. The lowest BCUT2D eigenvalue weighted by molar-refractivity contribution is -0.140. The van der Waals surface area contributed by atoms with E-state index >= 15 is 0 Å². The maximum atomic E-state index is 13.0. The number of ether oxygens (including phenoxy) is 2. The third kappa shape index (κ3) is 4.78. The Bertz CT molecular complexity index is 1130. The molecule has 1 aliphatic rings. The van der Waals surface area contributed by atoms with E-state index in [2.05, 4.69) is 10.3 Å². The predicted molar refractivity (Wildman–Crippen MR) is 113 cm³/mol. The van der Waals surface area contributed by atoms with Gasteiger partial charge in [-0.2, -0.15) is 13.2 Å². The molecule has 1 aliphatic heterocycles. The van der Waals surface area contributed by atoms with Crippen molar-refractivity contribution in [3.05, 3.63) is 51.5 Å². The molecule has 1 saturated heterocycles. The standard InChI is InChI=1S/C21H18ClF3N2O3S/c1-11-14-5-7-17(21(23,24)25)27-20(14)31-18(11)19(28)26-15-9-12(22)4-6-16(15)30-10-13-3-2-8-29-13/h4-7,9,13H,2-3,8,10H2,1H3,(H,26,28). The van der Waals surface area contributed by atoms with Crippen LogP contribution in [0.1, 0.15) is 33.8 Å². The number of carbonyl (C=O) groups is 1. The van der Waals surface area contributed by atoms with Crippen LogP contribution in [0.4, 0.5) is 18.9 Å². The maximum absolute atomic E-state index is 13.0. The molecule has 1 aromatic carbocycles. The number of hydrogen-bond donors (Lipinski definition) is 1. The van der Waals surface area contributed by atoms with Crippen molar-refractivity contribution < 1.29 is 27.4 Å². The van der Waals surface area contributed by atoms with Crippen molar-refractivity contribution in [2.24, 2.45) is 0 Å². The molecule has 0 aliphatic carbocycles. The number of hydrogen-bond acceptors (Lipinski definition) is 5. The Morgan fingerprint density at radius 3 is 2.87 bits per heavy atom. The van der Waals surface area contributed by atoms with Crippen LogP contribution in [-0.4, -0.2) is 30.2 Å². The smallest absolute Gasteiger partial charge is 0.433 e. The highest BCUT2D eigenvalue weighted by molar-refractivity contribution is 7.20. The van der Waals surface area contributed by atoms with E-state index in [4.69, 9.17) is 21.1 Å². The molecule has 1 unspecified atom stereocenters. The number of alkyl halides is 3. The van der Waals surface area contributed by atoms with E-state index in [0.29, 0.717) is 40.6 Å². The number of halogens is 4. The zero-order chi connectivity index (χ0) is 22.2. The Morgan fingerprint density at radius 2 is 2.16 bits per heavy atom. The minimum atomic E-state index is -4.55. The van der Waals surface area contributed by atoms with Gasteiger partial charge in [0, 0.05) is 17.0 Å². The van der Waals surface area contributed by atoms with E-state index in [9.17, 15) is 18.0 Å². The molecule has 164 valence electrons. The molecule has 0 spiro atoms. The van der Waals surface area contributed by atoms with Gasteiger partial charge in [0.2, 0.25) is 0 Å². The Hall–Kier alpha value is -2.36. The number of amides is 1. The first kappa shape index (κ1) is 21.9. The Kier molecular flexibility index (Phi) is 6.09. The fourth-order valence-electron chi connectivity index (χ4n) is 3.34. The minimum Gasteiger partial charge on any atom is -0.489 e. The zero-order valence-corrected chi connectivity index (χ0v) is 18.0. The molecule has 1 amide bonds. The van der Waals surface area contributed by atoms with Crippen molar-refractivity contribution in [3.63, 3.8) is 0 Å². The highest BCUT2D eigenvalue weighted by Crippen LogP contribution is 2.35. The van der Waals surface area contributed by atoms with E-state index in [1.165, 1.54) is 6.07 Å². The Morgan fingerprint density at radius 1 is 1.35 bits per heavy atom. The van der Waals surface area contributed by atoms with Crippen LogP contribution in [0.3, 0.4) is 0 Å². The first-order chi connectivity index (χ1) is 14.7. The van der Waals surface area contributed by atoms with Gasteiger partial charge in [0.25, 0.3) is 5.91 Å². The van der Waals surface area contributed by atoms with Crippen molar-refractivity contribution in [1.29, 1.82) is 0 Å². The van der Waals surface area contributed by atoms with Gasteiger partial charge in [-0.15, -0.1) is 11.3 Å². The lowest BCUT2D eigenvalue weighted by atomic mass is 10.1. The first-order valence-electron chi connectivity index (χ1n) is 9.55. The topological polar surface area (TPSA) is 60.5 Å². The summed E-state index contributed by atoms with van der Waals surface area (Å²) in [5, 5.41) is 3.67. The fourth-order valence-corrected chi connectivity index (χ4v) is 4.58. The lowest BCUT2D eigenvalue weighted by Gasteiger charge is -2.15. The highest BCUT2D eigenvalue weighted by atomic mass is 35.5. The summed E-state index contributed by atoms with van der Waals surface area (Å²) in [6.07, 6.45) is -2.67. The number of rotatable bonds is 5. The Labute approximate surface area is 185 Å². The third-order valence-corrected chi connectivity index (χ3v) is 6.37. The number of thiophene rings is 1. The zero-order valence-electron chi connectivity index (χ0n) is 16.4. The SMILES string of the molecule is Cc1c(C(=O)Nc2cc(Cl)ccc2OCC2CCCO2)sc2nc(C(F)(F)F)ccc12. The van der Waals surface area contributed by atoms with Gasteiger partial charge in [-0.25, -0.2) is 4.98 Å². The molecular weight excluding hydrogens is 453 g/mol. The largest absolute Gasteiger partial charge is 0.489 e. The summed E-state index contributed by atoms with van der Waals surface area (Å²) in [5.41, 5.74) is -0.0632. The normalized spacial score (nSPS) is 16.6. The van der Waals surface area contributed by atoms with Crippen molar-refractivity contribution in [1.82, 2.24) is 4.98 Å². The molecule has 1 N–H and O–H groups in total. The number of aromatic nitrogens is 1. The summed E-state index contributed by atoms with van der Waals surface area (Å²) >= 11 is 6.99. The molecule has 3 heterocycles. The van der Waals surface area contributed by atoms with Crippen molar-refractivity contribution >= 4 is 44.7 Å². The summed E-state index contributed by atoms with van der Waals surface area (Å²) < 4.78 is 50.3. The monoisotopic (exact) mass is 470 g/mol. The van der Waals surface area contributed by atoms with E-state index in [1.807, 2.05) is 0 Å². The fraction of sp³-hybridized carbons (Fsp3) is 0.333. The van der Waals surface area contributed by atoms with Gasteiger partial charge in [-0.3, -0.25) is 4.79 Å². The van der Waals surface area contributed by atoms with Gasteiger partial charge < -0.3 is 14.8 Å². The molecule has 10 heteroatoms. The number of anilines is 1. The number of pyridine rings is 1. The van der Waals surface area contributed by atoms with Crippen LogP contribution < -0.4 is 10.1 Å². The molecule has 4 rings (SSSR count). The van der Waals surface area contributed by atoms with Crippen molar-refractivity contribution in [2.45, 2.75) is 32.0 Å². The number of nitrogens with zero attached hydrogens (tertiary/aromatic N) is 1. The van der Waals surface area contributed by atoms with Crippen LogP contribution in [0.15, 0.2) is 30.3 Å². The van der Waals surface area contributed by atoms with E-state index in [-0.39, 0.29) is 15.8 Å². The quantitative estimate of drug-likeness (QED) is 0.490. The number of aryl methyl sites for hydroxylation is 1. The second-order valence-corrected chi connectivity index (χ2v) is 8.58. The summed E-state index contributed by atoms with van der Waals surface area (Å²) in [6, 6.07) is 7.12. The van der Waals surface area contributed by atoms with E-state index < -0.39 is 17.8 Å². The minimum absolute atomic E-state index is 0.00188. The molecule has 5 nitrogen and oxygen atoms in total. The second kappa shape index (κ2) is 8.64. The van der Waals surface area contributed by atoms with Crippen LogP contribution in [-0.2, 0) is 10.9 Å². The van der Waals surface area contributed by atoms with Gasteiger partial charge in [0.05, 0.1) is 16.7 Å². The van der Waals surface area contributed by atoms with Crippen molar-refractivity contribution in [2.75, 3.05) is 18.5 Å². The van der Waals surface area contributed by atoms with Crippen molar-refractivity contribution in [3.8, 4) is 5.75 Å². The first-order valence-corrected chi connectivity index (χ1v) is 10.7. The molecule has 2 aromatic heterocycles. The van der Waals surface area contributed by atoms with Crippen LogP contribution >= 0.6 is 22.9 Å². The average molecular weight is 471 g/mol. The average Bonchev–Trinajstić information content (AvgIpc) is 3.34. The van der Waals surface area contributed by atoms with Gasteiger partial charge in [0.15, 0.2) is 0 Å². The molecule has 0 saturated carbocycles. The van der Waals surface area contributed by atoms with Crippen LogP contribution in [0, 0.1) is 6.92 Å². The van der Waals surface area contributed by atoms with Gasteiger partial charge in [-0.05, 0) is 55.7 Å². The van der Waals surface area contributed by atoms with Gasteiger partial charge in [-0.1, -0.05) is 11.6 Å². The van der Waals surface area contributed by atoms with Crippen LogP contribution in [0.2, 0.25) is 5.02 Å². The van der Waals surface area contributed by atoms with Gasteiger partial charge >= 0.3 is 6.18 Å². The molecule has 1 atom stereocenters. The predicted octanol–water partition coefficient (Wildman–Crippen LogP) is 6.09. The molecular formula is C21H18ClF3N2O3S. The number of nitrogens with one attached hydrogen (secondary N) is 1. The number of carbonyl (C=O) groups excluding carboxylic acids is 1. The number of benzene rings is 1. The maximum Gasteiger partial charge on any atom is 0.433 e. The molecule has 31 heavy (non-hydrogen) atoms. The molecule has 3 aromatic rings. The second-order valence-electron chi connectivity index (χ2n) is 7.14. The van der Waals surface area contributed by atoms with Crippen LogP contribution in [0.5, 0.6) is 5.75 Å². The molecule has 1 fully saturated rings. The summed E-state index contributed by atoms with van der Waals surface area (Å²) in [7, 11) is 0. The number of fused-ring (bicyclic) bond motifs is 1. The Balaban J connectivity index is 1.58. The summed E-state index contributed by atoms with van der Waals surface area (Å²) in [5.74, 6) is -0.0391. The summed E-state index contributed by atoms with van der Waals surface area (Å²) in [4.78, 5) is 17.0. The van der Waals surface area contributed by atoms with Crippen LogP contribution in [0.25, 0.3) is 10.2 Å². The lowest BCUT2D eigenvalue weighted by Crippen LogP contribution is -2.18. The van der Waals surface area contributed by atoms with Gasteiger partial charge in [0.1, 0.15) is 22.9 Å². The van der Waals surface area contributed by atoms with E-state index in [1.54, 1.807) is 25.1 Å². The highest BCUT2D eigenvalue weighted by Gasteiger charge is 2.33. The molecule has 0 bridgehead atoms. The summed E-state index contributed by atoms with van der Waals surface area (Å²) in [6.45, 7) is 2.72.